The Bertz CT molecular complexity index is 550. The van der Waals surface area contributed by atoms with Crippen molar-refractivity contribution in [3.05, 3.63) is 16.7 Å². The molecule has 0 spiro atoms. The SMILES string of the molecule is CCNc1ncc(Br)cc1S(=O)(=O)NCCOCC(C)C. The second-order valence-corrected chi connectivity index (χ2v) is 7.55. The van der Waals surface area contributed by atoms with Gasteiger partial charge in [0.1, 0.15) is 10.7 Å². The summed E-state index contributed by atoms with van der Waals surface area (Å²) in [4.78, 5) is 4.22. The molecule has 0 unspecified atom stereocenters. The van der Waals surface area contributed by atoms with Crippen LogP contribution in [0.15, 0.2) is 21.6 Å². The second-order valence-electron chi connectivity index (χ2n) is 4.90. The van der Waals surface area contributed by atoms with E-state index in [1.165, 1.54) is 6.07 Å². The molecule has 0 amide bonds. The molecule has 1 aromatic rings. The standard InChI is InChI=1S/C13H22BrN3O3S/c1-4-15-13-12(7-11(14)8-16-13)21(18,19)17-5-6-20-9-10(2)3/h7-8,10,17H,4-6,9H2,1-3H3,(H,15,16). The van der Waals surface area contributed by atoms with Gasteiger partial charge >= 0.3 is 0 Å². The quantitative estimate of drug-likeness (QED) is 0.643. The Hall–Kier alpha value is -0.700. The number of pyridine rings is 1. The summed E-state index contributed by atoms with van der Waals surface area (Å²) in [6, 6.07) is 1.53. The topological polar surface area (TPSA) is 80.3 Å². The molecule has 2 N–H and O–H groups in total. The van der Waals surface area contributed by atoms with Crippen LogP contribution in [0.3, 0.4) is 0 Å². The van der Waals surface area contributed by atoms with E-state index in [0.717, 1.165) is 0 Å². The number of aromatic nitrogens is 1. The third kappa shape index (κ3) is 6.29. The molecular weight excluding hydrogens is 358 g/mol. The summed E-state index contributed by atoms with van der Waals surface area (Å²) >= 11 is 3.24. The number of anilines is 1. The molecule has 0 bridgehead atoms. The van der Waals surface area contributed by atoms with Gasteiger partial charge < -0.3 is 10.1 Å². The summed E-state index contributed by atoms with van der Waals surface area (Å²) in [7, 11) is -3.62. The third-order valence-corrected chi connectivity index (χ3v) is 4.35. The van der Waals surface area contributed by atoms with Gasteiger partial charge in [-0.25, -0.2) is 18.1 Å². The van der Waals surface area contributed by atoms with E-state index in [1.807, 2.05) is 20.8 Å². The molecule has 0 aliphatic carbocycles. The molecule has 0 aliphatic heterocycles. The van der Waals surface area contributed by atoms with E-state index in [-0.39, 0.29) is 11.4 Å². The lowest BCUT2D eigenvalue weighted by atomic mass is 10.2. The number of rotatable bonds is 9. The van der Waals surface area contributed by atoms with Gasteiger partial charge in [0.2, 0.25) is 10.0 Å². The Morgan fingerprint density at radius 3 is 2.76 bits per heavy atom. The predicted octanol–water partition coefficient (Wildman–Crippen LogP) is 2.23. The van der Waals surface area contributed by atoms with E-state index >= 15 is 0 Å². The van der Waals surface area contributed by atoms with Gasteiger partial charge in [0, 0.05) is 30.4 Å². The fourth-order valence-electron chi connectivity index (χ4n) is 1.57. The number of ether oxygens (including phenoxy) is 1. The fraction of sp³-hybridized carbons (Fsp3) is 0.615. The van der Waals surface area contributed by atoms with Crippen LogP contribution in [0, 0.1) is 5.92 Å². The first-order chi connectivity index (χ1) is 9.86. The van der Waals surface area contributed by atoms with Gasteiger partial charge in [-0.15, -0.1) is 0 Å². The van der Waals surface area contributed by atoms with Crippen molar-refractivity contribution in [3.8, 4) is 0 Å². The molecule has 1 aromatic heterocycles. The average Bonchev–Trinajstić information content (AvgIpc) is 2.40. The van der Waals surface area contributed by atoms with Crippen LogP contribution >= 0.6 is 15.9 Å². The van der Waals surface area contributed by atoms with Gasteiger partial charge in [0.05, 0.1) is 6.61 Å². The van der Waals surface area contributed by atoms with Gasteiger partial charge in [-0.3, -0.25) is 0 Å². The highest BCUT2D eigenvalue weighted by Gasteiger charge is 2.19. The Kier molecular flexibility index (Phi) is 7.58. The monoisotopic (exact) mass is 379 g/mol. The summed E-state index contributed by atoms with van der Waals surface area (Å²) < 4.78 is 33.1. The van der Waals surface area contributed by atoms with Crippen LogP contribution in [-0.2, 0) is 14.8 Å². The number of nitrogens with zero attached hydrogens (tertiary/aromatic N) is 1. The molecule has 21 heavy (non-hydrogen) atoms. The number of hydrogen-bond donors (Lipinski definition) is 2. The van der Waals surface area contributed by atoms with E-state index in [2.05, 4.69) is 31.0 Å². The minimum atomic E-state index is -3.62. The molecule has 8 heteroatoms. The minimum absolute atomic E-state index is 0.127. The molecule has 0 radical (unpaired) electrons. The van der Waals surface area contributed by atoms with Crippen LogP contribution in [0.1, 0.15) is 20.8 Å². The largest absolute Gasteiger partial charge is 0.380 e. The van der Waals surface area contributed by atoms with Crippen molar-refractivity contribution >= 4 is 31.8 Å². The van der Waals surface area contributed by atoms with E-state index in [1.54, 1.807) is 6.20 Å². The summed E-state index contributed by atoms with van der Waals surface area (Å²) in [5.74, 6) is 0.771. The molecule has 1 rings (SSSR count). The Balaban J connectivity index is 2.71. The molecule has 6 nitrogen and oxygen atoms in total. The second kappa shape index (κ2) is 8.67. The van der Waals surface area contributed by atoms with Gasteiger partial charge in [0.25, 0.3) is 0 Å². The number of sulfonamides is 1. The smallest absolute Gasteiger partial charge is 0.244 e. The van der Waals surface area contributed by atoms with Gasteiger partial charge in [-0.05, 0) is 34.8 Å². The molecule has 0 saturated carbocycles. The summed E-state index contributed by atoms with van der Waals surface area (Å²) in [5.41, 5.74) is 0. The Morgan fingerprint density at radius 2 is 2.14 bits per heavy atom. The normalized spacial score (nSPS) is 11.9. The first kappa shape index (κ1) is 18.3. The number of hydrogen-bond acceptors (Lipinski definition) is 5. The highest BCUT2D eigenvalue weighted by Crippen LogP contribution is 2.22. The van der Waals surface area contributed by atoms with Crippen molar-refractivity contribution in [1.29, 1.82) is 0 Å². The lowest BCUT2D eigenvalue weighted by Gasteiger charge is -2.12. The van der Waals surface area contributed by atoms with Gasteiger partial charge in [-0.2, -0.15) is 0 Å². The molecule has 0 aliphatic rings. The van der Waals surface area contributed by atoms with Crippen LogP contribution < -0.4 is 10.0 Å². The van der Waals surface area contributed by atoms with E-state index in [9.17, 15) is 8.42 Å². The third-order valence-electron chi connectivity index (χ3n) is 2.44. The van der Waals surface area contributed by atoms with E-state index in [4.69, 9.17) is 4.74 Å². The Labute approximate surface area is 134 Å². The summed E-state index contributed by atoms with van der Waals surface area (Å²) in [6.45, 7) is 7.74. The number of nitrogens with one attached hydrogen (secondary N) is 2. The molecule has 0 aromatic carbocycles. The lowest BCUT2D eigenvalue weighted by molar-refractivity contribution is 0.114. The first-order valence-corrected chi connectivity index (χ1v) is 9.11. The molecular formula is C13H22BrN3O3S. The lowest BCUT2D eigenvalue weighted by Crippen LogP contribution is -2.28. The summed E-state index contributed by atoms with van der Waals surface area (Å²) in [5, 5.41) is 2.94. The maximum atomic E-state index is 12.3. The fourth-order valence-corrected chi connectivity index (χ4v) is 3.22. The van der Waals surface area contributed by atoms with Crippen molar-refractivity contribution in [1.82, 2.24) is 9.71 Å². The van der Waals surface area contributed by atoms with E-state index < -0.39 is 10.0 Å². The van der Waals surface area contributed by atoms with Gasteiger partial charge in [-0.1, -0.05) is 13.8 Å². The molecule has 120 valence electrons. The van der Waals surface area contributed by atoms with Crippen molar-refractivity contribution in [3.63, 3.8) is 0 Å². The van der Waals surface area contributed by atoms with Crippen LogP contribution in [0.5, 0.6) is 0 Å². The van der Waals surface area contributed by atoms with Crippen molar-refractivity contribution in [2.24, 2.45) is 5.92 Å². The maximum absolute atomic E-state index is 12.3. The van der Waals surface area contributed by atoms with Crippen LogP contribution in [0.4, 0.5) is 5.82 Å². The summed E-state index contributed by atoms with van der Waals surface area (Å²) in [6.07, 6.45) is 1.56. The van der Waals surface area contributed by atoms with Crippen molar-refractivity contribution < 1.29 is 13.2 Å². The zero-order valence-electron chi connectivity index (χ0n) is 12.5. The Morgan fingerprint density at radius 1 is 1.43 bits per heavy atom. The predicted molar refractivity (Wildman–Crippen MR) is 86.9 cm³/mol. The van der Waals surface area contributed by atoms with E-state index in [0.29, 0.717) is 36.0 Å². The average molecular weight is 380 g/mol. The highest BCUT2D eigenvalue weighted by molar-refractivity contribution is 9.10. The van der Waals surface area contributed by atoms with Gasteiger partial charge in [0.15, 0.2) is 0 Å². The van der Waals surface area contributed by atoms with Crippen LogP contribution in [-0.4, -0.2) is 39.7 Å². The van der Waals surface area contributed by atoms with Crippen molar-refractivity contribution in [2.75, 3.05) is 31.6 Å². The zero-order valence-corrected chi connectivity index (χ0v) is 14.9. The van der Waals surface area contributed by atoms with Crippen LogP contribution in [0.25, 0.3) is 0 Å². The highest BCUT2D eigenvalue weighted by atomic mass is 79.9. The molecule has 0 fully saturated rings. The first-order valence-electron chi connectivity index (χ1n) is 6.83. The molecule has 0 atom stereocenters. The molecule has 1 heterocycles. The maximum Gasteiger partial charge on any atom is 0.244 e. The minimum Gasteiger partial charge on any atom is -0.380 e. The van der Waals surface area contributed by atoms with Crippen molar-refractivity contribution in [2.45, 2.75) is 25.7 Å². The molecule has 0 saturated heterocycles. The number of halogens is 1. The zero-order chi connectivity index (χ0) is 15.9. The van der Waals surface area contributed by atoms with Crippen LogP contribution in [0.2, 0.25) is 0 Å².